The lowest BCUT2D eigenvalue weighted by Gasteiger charge is -2.25. The summed E-state index contributed by atoms with van der Waals surface area (Å²) >= 11 is 0. The van der Waals surface area contributed by atoms with Gasteiger partial charge in [0.25, 0.3) is 0 Å². The van der Waals surface area contributed by atoms with Crippen molar-refractivity contribution in [1.82, 2.24) is 13.9 Å². The lowest BCUT2D eigenvalue weighted by atomic mass is 10.2. The summed E-state index contributed by atoms with van der Waals surface area (Å²) in [5, 5.41) is 0. The first-order chi connectivity index (χ1) is 11.0. The van der Waals surface area contributed by atoms with Crippen LogP contribution >= 0.6 is 0 Å². The van der Waals surface area contributed by atoms with E-state index in [1.165, 1.54) is 18.2 Å². The Morgan fingerprint density at radius 1 is 1.39 bits per heavy atom. The lowest BCUT2D eigenvalue weighted by Crippen LogP contribution is -2.38. The second-order valence-corrected chi connectivity index (χ2v) is 7.84. The molecule has 1 atom stereocenters. The normalized spacial score (nSPS) is 19.3. The number of hydrogen-bond acceptors (Lipinski definition) is 3. The van der Waals surface area contributed by atoms with Crippen LogP contribution in [0.1, 0.15) is 24.2 Å². The van der Waals surface area contributed by atoms with E-state index in [1.807, 2.05) is 17.7 Å². The molecule has 0 aliphatic carbocycles. The van der Waals surface area contributed by atoms with E-state index in [9.17, 15) is 12.8 Å². The van der Waals surface area contributed by atoms with Gasteiger partial charge in [-0.3, -0.25) is 0 Å². The number of aromatic nitrogens is 2. The van der Waals surface area contributed by atoms with Gasteiger partial charge in [0.1, 0.15) is 11.6 Å². The molecule has 5 nitrogen and oxygen atoms in total. The van der Waals surface area contributed by atoms with Crippen LogP contribution in [0.4, 0.5) is 4.39 Å². The van der Waals surface area contributed by atoms with Gasteiger partial charge in [0.05, 0.1) is 5.75 Å². The molecule has 0 radical (unpaired) electrons. The first-order valence-electron chi connectivity index (χ1n) is 7.67. The van der Waals surface area contributed by atoms with E-state index in [0.717, 1.165) is 18.7 Å². The van der Waals surface area contributed by atoms with Gasteiger partial charge in [-0.2, -0.15) is 4.31 Å². The average molecular weight is 337 g/mol. The van der Waals surface area contributed by atoms with E-state index in [1.54, 1.807) is 16.6 Å². The summed E-state index contributed by atoms with van der Waals surface area (Å²) < 4.78 is 42.2. The second-order valence-electron chi connectivity index (χ2n) is 5.92. The number of benzene rings is 1. The zero-order valence-electron chi connectivity index (χ0n) is 13.0. The molecule has 124 valence electrons. The molecule has 0 bridgehead atoms. The van der Waals surface area contributed by atoms with Crippen LogP contribution < -0.4 is 0 Å². The van der Waals surface area contributed by atoms with Gasteiger partial charge in [0.2, 0.25) is 10.0 Å². The fourth-order valence-corrected chi connectivity index (χ4v) is 4.90. The fraction of sp³-hybridized carbons (Fsp3) is 0.438. The summed E-state index contributed by atoms with van der Waals surface area (Å²) in [7, 11) is -3.46. The van der Waals surface area contributed by atoms with Crippen molar-refractivity contribution in [1.29, 1.82) is 0 Å². The molecule has 0 amide bonds. The van der Waals surface area contributed by atoms with E-state index in [0.29, 0.717) is 18.7 Å². The number of hydrogen-bond donors (Lipinski definition) is 0. The average Bonchev–Trinajstić information content (AvgIpc) is 3.09. The van der Waals surface area contributed by atoms with Gasteiger partial charge in [-0.05, 0) is 37.5 Å². The maximum Gasteiger partial charge on any atom is 0.218 e. The van der Waals surface area contributed by atoms with E-state index in [-0.39, 0.29) is 11.8 Å². The zero-order chi connectivity index (χ0) is 16.4. The zero-order valence-corrected chi connectivity index (χ0v) is 13.8. The molecule has 1 aromatic carbocycles. The van der Waals surface area contributed by atoms with Crippen molar-refractivity contribution < 1.29 is 12.8 Å². The predicted octanol–water partition coefficient (Wildman–Crippen LogP) is 2.33. The van der Waals surface area contributed by atoms with Crippen molar-refractivity contribution in [2.24, 2.45) is 0 Å². The molecule has 0 spiro atoms. The Labute approximate surface area is 135 Å². The smallest absolute Gasteiger partial charge is 0.218 e. The maximum atomic E-state index is 13.3. The third-order valence-electron chi connectivity index (χ3n) is 4.25. The van der Waals surface area contributed by atoms with Gasteiger partial charge in [-0.1, -0.05) is 12.1 Å². The Balaban J connectivity index is 1.77. The van der Waals surface area contributed by atoms with E-state index in [2.05, 4.69) is 4.98 Å². The van der Waals surface area contributed by atoms with Crippen LogP contribution in [0.5, 0.6) is 0 Å². The summed E-state index contributed by atoms with van der Waals surface area (Å²) in [6, 6.07) is 5.71. The Hall–Kier alpha value is -1.73. The molecule has 1 fully saturated rings. The molecule has 7 heteroatoms. The molecule has 3 rings (SSSR count). The largest absolute Gasteiger partial charge is 0.334 e. The number of halogens is 1. The quantitative estimate of drug-likeness (QED) is 0.841. The van der Waals surface area contributed by atoms with Crippen LogP contribution in [0.2, 0.25) is 0 Å². The first-order valence-corrected chi connectivity index (χ1v) is 9.28. The Morgan fingerprint density at radius 2 is 2.22 bits per heavy atom. The number of imidazole rings is 1. The van der Waals surface area contributed by atoms with Crippen molar-refractivity contribution >= 4 is 10.0 Å². The molecule has 1 aromatic heterocycles. The minimum atomic E-state index is -3.46. The molecule has 0 N–H and O–H groups in total. The van der Waals surface area contributed by atoms with Crippen LogP contribution in [0, 0.1) is 12.7 Å². The predicted molar refractivity (Wildman–Crippen MR) is 85.7 cm³/mol. The molecule has 1 aliphatic heterocycles. The first kappa shape index (κ1) is 16.1. The van der Waals surface area contributed by atoms with Gasteiger partial charge in [-0.15, -0.1) is 0 Å². The van der Waals surface area contributed by atoms with Crippen LogP contribution in [-0.4, -0.2) is 34.9 Å². The van der Waals surface area contributed by atoms with E-state index >= 15 is 0 Å². The highest BCUT2D eigenvalue weighted by Crippen LogP contribution is 2.25. The summed E-state index contributed by atoms with van der Waals surface area (Å²) in [4.78, 5) is 4.18. The van der Waals surface area contributed by atoms with Crippen molar-refractivity contribution in [2.75, 3.05) is 6.54 Å². The summed E-state index contributed by atoms with van der Waals surface area (Å²) in [5.74, 6) is 0.300. The highest BCUT2D eigenvalue weighted by atomic mass is 32.2. The molecule has 23 heavy (non-hydrogen) atoms. The lowest BCUT2D eigenvalue weighted by molar-refractivity contribution is 0.349. The summed E-state index contributed by atoms with van der Waals surface area (Å²) in [6.07, 6.45) is 5.27. The van der Waals surface area contributed by atoms with Crippen LogP contribution in [0.25, 0.3) is 0 Å². The van der Waals surface area contributed by atoms with Crippen molar-refractivity contribution in [3.8, 4) is 0 Å². The van der Waals surface area contributed by atoms with Gasteiger partial charge < -0.3 is 4.57 Å². The van der Waals surface area contributed by atoms with Gasteiger partial charge in [0.15, 0.2) is 0 Å². The highest BCUT2D eigenvalue weighted by Gasteiger charge is 2.34. The Morgan fingerprint density at radius 3 is 2.91 bits per heavy atom. The topological polar surface area (TPSA) is 55.2 Å². The SMILES string of the molecule is Cc1nccn1C[C@@H]1CCCN1S(=O)(=O)Cc1cccc(F)c1. The minimum absolute atomic E-state index is 0.0681. The third kappa shape index (κ3) is 3.61. The summed E-state index contributed by atoms with van der Waals surface area (Å²) in [5.41, 5.74) is 0.481. The van der Waals surface area contributed by atoms with E-state index < -0.39 is 15.8 Å². The third-order valence-corrected chi connectivity index (χ3v) is 6.14. The Bertz CT molecular complexity index is 788. The van der Waals surface area contributed by atoms with Crippen molar-refractivity contribution in [2.45, 2.75) is 38.1 Å². The number of sulfonamides is 1. The molecule has 1 aliphatic rings. The van der Waals surface area contributed by atoms with Crippen molar-refractivity contribution in [3.63, 3.8) is 0 Å². The van der Waals surface area contributed by atoms with Crippen LogP contribution in [0.3, 0.4) is 0 Å². The highest BCUT2D eigenvalue weighted by molar-refractivity contribution is 7.88. The molecular weight excluding hydrogens is 317 g/mol. The molecule has 1 saturated heterocycles. The molecule has 2 aromatic rings. The number of rotatable bonds is 5. The molecule has 0 saturated carbocycles. The Kier molecular flexibility index (Phi) is 4.50. The summed E-state index contributed by atoms with van der Waals surface area (Å²) in [6.45, 7) is 3.03. The van der Waals surface area contributed by atoms with Crippen molar-refractivity contribution in [3.05, 3.63) is 53.9 Å². The van der Waals surface area contributed by atoms with Crippen LogP contribution in [-0.2, 0) is 22.3 Å². The second kappa shape index (κ2) is 6.41. The molecule has 0 unspecified atom stereocenters. The van der Waals surface area contributed by atoms with Gasteiger partial charge >= 0.3 is 0 Å². The minimum Gasteiger partial charge on any atom is -0.334 e. The van der Waals surface area contributed by atoms with Gasteiger partial charge in [0, 0.05) is 31.5 Å². The molecule has 2 heterocycles. The molecular formula is C16H20FN3O2S. The fourth-order valence-electron chi connectivity index (χ4n) is 3.10. The number of aryl methyl sites for hydroxylation is 1. The standard InChI is InChI=1S/C16H20FN3O2S/c1-13-18-7-9-19(13)11-16-6-3-8-20(16)23(21,22)12-14-4-2-5-15(17)10-14/h2,4-5,7,9-10,16H,3,6,8,11-12H2,1H3/t16-/m0/s1. The maximum absolute atomic E-state index is 13.3. The number of nitrogens with zero attached hydrogens (tertiary/aromatic N) is 3. The monoisotopic (exact) mass is 337 g/mol. The van der Waals surface area contributed by atoms with E-state index in [4.69, 9.17) is 0 Å². The van der Waals surface area contributed by atoms with Gasteiger partial charge in [-0.25, -0.2) is 17.8 Å². The van der Waals surface area contributed by atoms with Crippen LogP contribution in [0.15, 0.2) is 36.7 Å².